The average molecular weight is 476 g/mol. The average Bonchev–Trinajstić information content (AvgIpc) is 2.65. The van der Waals surface area contributed by atoms with Gasteiger partial charge in [0.2, 0.25) is 5.91 Å². The van der Waals surface area contributed by atoms with Gasteiger partial charge in [-0.1, -0.05) is 48.3 Å². The molecule has 0 aliphatic rings. The Balaban J connectivity index is 2.37. The van der Waals surface area contributed by atoms with Crippen LogP contribution in [0.4, 0.5) is 18.9 Å². The van der Waals surface area contributed by atoms with E-state index in [0.717, 1.165) is 6.92 Å². The summed E-state index contributed by atoms with van der Waals surface area (Å²) in [5.74, 6) is -5.40. The molecule has 4 nitrogen and oxygen atoms in total. The fourth-order valence-corrected chi connectivity index (χ4v) is 3.39. The van der Waals surface area contributed by atoms with E-state index in [1.165, 1.54) is 36.4 Å². The first kappa shape index (κ1) is 25.0. The van der Waals surface area contributed by atoms with Crippen molar-refractivity contribution in [3.63, 3.8) is 0 Å². The lowest BCUT2D eigenvalue weighted by Crippen LogP contribution is -2.34. The van der Waals surface area contributed by atoms with Crippen LogP contribution in [0, 0.1) is 11.3 Å². The molecule has 9 heteroatoms. The third kappa shape index (κ3) is 6.37. The van der Waals surface area contributed by atoms with E-state index >= 15 is 0 Å². The highest BCUT2D eigenvalue weighted by Gasteiger charge is 2.45. The van der Waals surface area contributed by atoms with Crippen molar-refractivity contribution in [2.75, 3.05) is 5.32 Å². The summed E-state index contributed by atoms with van der Waals surface area (Å²) in [6.45, 7) is 4.03. The number of carbonyl (C=O) groups is 2. The Kier molecular flexibility index (Phi) is 7.66. The van der Waals surface area contributed by atoms with Crippen LogP contribution < -0.4 is 5.32 Å². The van der Waals surface area contributed by atoms with Crippen molar-refractivity contribution < 1.29 is 27.9 Å². The molecule has 2 aromatic rings. The predicted octanol–water partition coefficient (Wildman–Crippen LogP) is 6.57. The fraction of sp³-hybridized carbons (Fsp3) is 0.364. The number of amides is 1. The van der Waals surface area contributed by atoms with Crippen LogP contribution in [0.1, 0.15) is 37.8 Å². The summed E-state index contributed by atoms with van der Waals surface area (Å²) in [5.41, 5.74) is -0.241. The standard InChI is InChI=1S/C22H22Cl2F3NO3/c1-12(22(25,26)27)18(14-5-7-15(23)8-6-14)19(29)28-17-10-13(4-9-16(17)24)11-21(2,3)20(30)31/h4-10,12,18H,11H2,1-3H3,(H,28,29)(H,30,31)/t12-,18+/m1/s1. The van der Waals surface area contributed by atoms with E-state index in [0.29, 0.717) is 10.6 Å². The summed E-state index contributed by atoms with van der Waals surface area (Å²) in [6.07, 6.45) is -4.47. The summed E-state index contributed by atoms with van der Waals surface area (Å²) in [7, 11) is 0. The van der Waals surface area contributed by atoms with Crippen LogP contribution in [-0.2, 0) is 16.0 Å². The number of aliphatic carboxylic acids is 1. The first-order valence-electron chi connectivity index (χ1n) is 9.37. The topological polar surface area (TPSA) is 66.4 Å². The maximum absolute atomic E-state index is 13.5. The molecule has 31 heavy (non-hydrogen) atoms. The number of hydrogen-bond donors (Lipinski definition) is 2. The molecule has 0 aromatic heterocycles. The molecule has 0 saturated heterocycles. The summed E-state index contributed by atoms with van der Waals surface area (Å²) in [6, 6.07) is 10.1. The Bertz CT molecular complexity index is 959. The summed E-state index contributed by atoms with van der Waals surface area (Å²) in [5, 5.41) is 12.3. The normalized spacial score (nSPS) is 14.1. The Labute approximate surface area is 188 Å². The first-order valence-corrected chi connectivity index (χ1v) is 10.1. The van der Waals surface area contributed by atoms with Crippen molar-refractivity contribution in [3.05, 3.63) is 63.6 Å². The maximum atomic E-state index is 13.5. The number of carboxylic acid groups (broad SMARTS) is 1. The third-order valence-electron chi connectivity index (χ3n) is 5.04. The summed E-state index contributed by atoms with van der Waals surface area (Å²) < 4.78 is 40.4. The monoisotopic (exact) mass is 475 g/mol. The Morgan fingerprint density at radius 1 is 1.06 bits per heavy atom. The molecule has 0 spiro atoms. The molecule has 2 atom stereocenters. The van der Waals surface area contributed by atoms with Crippen LogP contribution in [0.15, 0.2) is 42.5 Å². The second-order valence-electron chi connectivity index (χ2n) is 8.03. The minimum absolute atomic E-state index is 0.110. The third-order valence-corrected chi connectivity index (χ3v) is 5.62. The number of benzene rings is 2. The molecule has 0 radical (unpaired) electrons. The van der Waals surface area contributed by atoms with E-state index in [1.54, 1.807) is 19.9 Å². The van der Waals surface area contributed by atoms with Gasteiger partial charge in [0.25, 0.3) is 0 Å². The van der Waals surface area contributed by atoms with Crippen molar-refractivity contribution >= 4 is 40.8 Å². The largest absolute Gasteiger partial charge is 0.481 e. The Hall–Kier alpha value is -2.25. The van der Waals surface area contributed by atoms with Gasteiger partial charge in [-0.2, -0.15) is 13.2 Å². The highest BCUT2D eigenvalue weighted by Crippen LogP contribution is 2.39. The van der Waals surface area contributed by atoms with Gasteiger partial charge >= 0.3 is 12.1 Å². The van der Waals surface area contributed by atoms with Crippen molar-refractivity contribution in [3.8, 4) is 0 Å². The second kappa shape index (κ2) is 9.49. The number of halogens is 5. The van der Waals surface area contributed by atoms with Gasteiger partial charge in [-0.3, -0.25) is 9.59 Å². The minimum atomic E-state index is -4.61. The van der Waals surface area contributed by atoms with Gasteiger partial charge < -0.3 is 10.4 Å². The summed E-state index contributed by atoms with van der Waals surface area (Å²) >= 11 is 12.0. The van der Waals surface area contributed by atoms with Crippen molar-refractivity contribution in [2.45, 2.75) is 39.3 Å². The van der Waals surface area contributed by atoms with Gasteiger partial charge in [0.05, 0.1) is 28.0 Å². The molecule has 0 aliphatic carbocycles. The van der Waals surface area contributed by atoms with Crippen molar-refractivity contribution in [2.24, 2.45) is 11.3 Å². The molecule has 2 aromatic carbocycles. The molecule has 0 bridgehead atoms. The lowest BCUT2D eigenvalue weighted by atomic mass is 9.85. The molecule has 0 heterocycles. The molecule has 2 rings (SSSR count). The zero-order valence-electron chi connectivity index (χ0n) is 17.1. The molecule has 1 amide bonds. The van der Waals surface area contributed by atoms with Crippen LogP contribution in [-0.4, -0.2) is 23.2 Å². The number of rotatable bonds is 7. The molecule has 2 N–H and O–H groups in total. The van der Waals surface area contributed by atoms with Gasteiger partial charge in [0, 0.05) is 5.02 Å². The highest BCUT2D eigenvalue weighted by molar-refractivity contribution is 6.33. The number of hydrogen-bond acceptors (Lipinski definition) is 2. The first-order chi connectivity index (χ1) is 14.2. The number of nitrogens with one attached hydrogen (secondary N) is 1. The van der Waals surface area contributed by atoms with E-state index in [-0.39, 0.29) is 22.7 Å². The van der Waals surface area contributed by atoms with Crippen LogP contribution in [0.25, 0.3) is 0 Å². The van der Waals surface area contributed by atoms with Crippen molar-refractivity contribution in [1.29, 1.82) is 0 Å². The number of anilines is 1. The van der Waals surface area contributed by atoms with Gasteiger partial charge in [0.1, 0.15) is 0 Å². The highest BCUT2D eigenvalue weighted by atomic mass is 35.5. The van der Waals surface area contributed by atoms with E-state index in [9.17, 15) is 27.9 Å². The lowest BCUT2D eigenvalue weighted by Gasteiger charge is -2.26. The Morgan fingerprint density at radius 3 is 2.16 bits per heavy atom. The fourth-order valence-electron chi connectivity index (χ4n) is 3.10. The smallest absolute Gasteiger partial charge is 0.392 e. The van der Waals surface area contributed by atoms with E-state index in [1.807, 2.05) is 0 Å². The molecule has 0 fully saturated rings. The van der Waals surface area contributed by atoms with Gasteiger partial charge in [-0.25, -0.2) is 0 Å². The zero-order valence-corrected chi connectivity index (χ0v) is 18.6. The van der Waals surface area contributed by atoms with Crippen LogP contribution in [0.2, 0.25) is 10.0 Å². The van der Waals surface area contributed by atoms with E-state index < -0.39 is 35.3 Å². The Morgan fingerprint density at radius 2 is 1.65 bits per heavy atom. The van der Waals surface area contributed by atoms with Crippen LogP contribution in [0.5, 0.6) is 0 Å². The maximum Gasteiger partial charge on any atom is 0.392 e. The SMILES string of the molecule is C[C@H]([C@H](C(=O)Nc1cc(CC(C)(C)C(=O)O)ccc1Cl)c1ccc(Cl)cc1)C(F)(F)F. The molecule has 0 saturated carbocycles. The van der Waals surface area contributed by atoms with Gasteiger partial charge in [-0.15, -0.1) is 0 Å². The molecule has 0 unspecified atom stereocenters. The summed E-state index contributed by atoms with van der Waals surface area (Å²) in [4.78, 5) is 24.3. The van der Waals surface area contributed by atoms with E-state index in [4.69, 9.17) is 23.2 Å². The lowest BCUT2D eigenvalue weighted by molar-refractivity contribution is -0.178. The van der Waals surface area contributed by atoms with Crippen LogP contribution in [0.3, 0.4) is 0 Å². The molecule has 0 aliphatic heterocycles. The predicted molar refractivity (Wildman–Crippen MR) is 115 cm³/mol. The van der Waals surface area contributed by atoms with Gasteiger partial charge in [-0.05, 0) is 55.7 Å². The van der Waals surface area contributed by atoms with Gasteiger partial charge in [0.15, 0.2) is 0 Å². The second-order valence-corrected chi connectivity index (χ2v) is 8.87. The number of alkyl halides is 3. The molecule has 168 valence electrons. The number of carboxylic acids is 1. The zero-order chi connectivity index (χ0) is 23.6. The molecular weight excluding hydrogens is 454 g/mol. The molecular formula is C22H22Cl2F3NO3. The van der Waals surface area contributed by atoms with E-state index in [2.05, 4.69) is 5.32 Å². The number of carbonyl (C=O) groups excluding carboxylic acids is 1. The minimum Gasteiger partial charge on any atom is -0.481 e. The van der Waals surface area contributed by atoms with Crippen LogP contribution >= 0.6 is 23.2 Å². The quantitative estimate of drug-likeness (QED) is 0.475. The van der Waals surface area contributed by atoms with Crippen molar-refractivity contribution in [1.82, 2.24) is 0 Å².